The summed E-state index contributed by atoms with van der Waals surface area (Å²) in [5.74, 6) is -0.713. The summed E-state index contributed by atoms with van der Waals surface area (Å²) in [5, 5.41) is 21.0. The van der Waals surface area contributed by atoms with Crippen LogP contribution in [0.4, 0.5) is 0 Å². The Morgan fingerprint density at radius 1 is 0.625 bits per heavy atom. The Balaban J connectivity index is 0.000000168. The normalized spacial score (nSPS) is 25.4. The Morgan fingerprint density at radius 2 is 1.04 bits per heavy atom. The molecule has 0 saturated carbocycles. The van der Waals surface area contributed by atoms with Crippen LogP contribution in [0.2, 0.25) is 0 Å². The molecular formula is C18H38N4O2. The predicted octanol–water partition coefficient (Wildman–Crippen LogP) is 1.32. The highest BCUT2D eigenvalue weighted by atomic mass is 16.4. The van der Waals surface area contributed by atoms with E-state index in [1.807, 2.05) is 0 Å². The molecule has 0 radical (unpaired) electrons. The molecular weight excluding hydrogens is 304 g/mol. The predicted molar refractivity (Wildman–Crippen MR) is 99.6 cm³/mol. The first-order chi connectivity index (χ1) is 11.8. The maximum Gasteiger partial charge on any atom is 0.320 e. The molecule has 4 rings (SSSR count). The zero-order valence-electron chi connectivity index (χ0n) is 15.2. The molecule has 1 atom stereocenters. The van der Waals surface area contributed by atoms with E-state index in [-0.39, 0.29) is 6.04 Å². The highest BCUT2D eigenvalue weighted by molar-refractivity contribution is 5.73. The van der Waals surface area contributed by atoms with Crippen LogP contribution in [0.15, 0.2) is 0 Å². The maximum atomic E-state index is 10.3. The van der Waals surface area contributed by atoms with Gasteiger partial charge in [-0.1, -0.05) is 12.8 Å². The maximum absolute atomic E-state index is 10.3. The lowest BCUT2D eigenvalue weighted by Gasteiger charge is -2.18. The van der Waals surface area contributed by atoms with Crippen molar-refractivity contribution in [1.82, 2.24) is 21.3 Å². The van der Waals surface area contributed by atoms with Gasteiger partial charge in [0.1, 0.15) is 6.04 Å². The van der Waals surface area contributed by atoms with Crippen molar-refractivity contribution >= 4 is 5.97 Å². The molecule has 5 N–H and O–H groups in total. The van der Waals surface area contributed by atoms with Crippen LogP contribution in [0, 0.1) is 0 Å². The first-order valence-corrected chi connectivity index (χ1v) is 9.89. The Labute approximate surface area is 147 Å². The zero-order valence-corrected chi connectivity index (χ0v) is 15.2. The van der Waals surface area contributed by atoms with Gasteiger partial charge < -0.3 is 26.4 Å². The van der Waals surface area contributed by atoms with Crippen LogP contribution in [-0.4, -0.2) is 62.9 Å². The molecule has 4 heterocycles. The van der Waals surface area contributed by atoms with E-state index in [0.29, 0.717) is 0 Å². The Hall–Kier alpha value is -0.690. The van der Waals surface area contributed by atoms with Crippen LogP contribution in [0.3, 0.4) is 0 Å². The fraction of sp³-hybridized carbons (Fsp3) is 0.944. The van der Waals surface area contributed by atoms with Crippen LogP contribution >= 0.6 is 0 Å². The molecule has 6 heteroatoms. The van der Waals surface area contributed by atoms with Gasteiger partial charge in [0.15, 0.2) is 0 Å². The van der Waals surface area contributed by atoms with E-state index in [4.69, 9.17) is 5.11 Å². The quantitative estimate of drug-likeness (QED) is 0.494. The first kappa shape index (κ1) is 21.4. The highest BCUT2D eigenvalue weighted by Crippen LogP contribution is 2.05. The number of carboxylic acid groups (broad SMARTS) is 1. The first-order valence-electron chi connectivity index (χ1n) is 9.89. The minimum atomic E-state index is -0.713. The molecule has 4 aliphatic rings. The minimum absolute atomic E-state index is 0.279. The van der Waals surface area contributed by atoms with Gasteiger partial charge in [-0.3, -0.25) is 4.79 Å². The summed E-state index contributed by atoms with van der Waals surface area (Å²) < 4.78 is 0. The molecule has 4 aliphatic heterocycles. The molecule has 0 spiro atoms. The standard InChI is InChI=1S/C6H11NO2.C5H11N.C4H9N.C3H7N/c8-6(9)5-3-1-2-4-7-5;1-2-4-6-5-3-1;1-2-4-5-3-1;1-2-4-3-1/h5,7H,1-4H2,(H,8,9);6H,1-5H2;5H,1-4H2;4H,1-3H2. The van der Waals surface area contributed by atoms with Gasteiger partial charge in [-0.2, -0.15) is 0 Å². The van der Waals surface area contributed by atoms with E-state index in [0.717, 1.165) is 25.8 Å². The summed E-state index contributed by atoms with van der Waals surface area (Å²) >= 11 is 0. The number of aliphatic carboxylic acids is 1. The van der Waals surface area contributed by atoms with E-state index < -0.39 is 5.97 Å². The van der Waals surface area contributed by atoms with E-state index in [1.54, 1.807) is 0 Å². The number of nitrogens with one attached hydrogen (secondary N) is 4. The molecule has 0 amide bonds. The second-order valence-electron chi connectivity index (χ2n) is 6.71. The second kappa shape index (κ2) is 15.8. The fourth-order valence-corrected chi connectivity index (χ4v) is 2.67. The zero-order chi connectivity index (χ0) is 17.3. The molecule has 0 bridgehead atoms. The smallest absolute Gasteiger partial charge is 0.320 e. The minimum Gasteiger partial charge on any atom is -0.480 e. The molecule has 142 valence electrons. The van der Waals surface area contributed by atoms with Gasteiger partial charge in [-0.25, -0.2) is 0 Å². The Kier molecular flexibility index (Phi) is 14.1. The molecule has 1 unspecified atom stereocenters. The van der Waals surface area contributed by atoms with Crippen molar-refractivity contribution in [2.45, 2.75) is 63.8 Å². The van der Waals surface area contributed by atoms with E-state index >= 15 is 0 Å². The van der Waals surface area contributed by atoms with Gasteiger partial charge in [-0.05, 0) is 90.8 Å². The lowest BCUT2D eigenvalue weighted by atomic mass is 10.1. The van der Waals surface area contributed by atoms with Crippen molar-refractivity contribution in [2.75, 3.05) is 45.8 Å². The van der Waals surface area contributed by atoms with Gasteiger partial charge in [0.2, 0.25) is 0 Å². The molecule has 0 aromatic heterocycles. The van der Waals surface area contributed by atoms with Crippen molar-refractivity contribution < 1.29 is 9.90 Å². The van der Waals surface area contributed by atoms with Gasteiger partial charge >= 0.3 is 5.97 Å². The SMILES string of the molecule is C1CCNC1.C1CCNCC1.C1CNC1.O=C(O)C1CCCCN1. The van der Waals surface area contributed by atoms with E-state index in [9.17, 15) is 4.79 Å². The van der Waals surface area contributed by atoms with Gasteiger partial charge in [-0.15, -0.1) is 0 Å². The van der Waals surface area contributed by atoms with Crippen molar-refractivity contribution in [3.63, 3.8) is 0 Å². The molecule has 0 aromatic rings. The average molecular weight is 343 g/mol. The van der Waals surface area contributed by atoms with Crippen LogP contribution < -0.4 is 21.3 Å². The Morgan fingerprint density at radius 3 is 1.25 bits per heavy atom. The summed E-state index contributed by atoms with van der Waals surface area (Å²) in [6.45, 7) is 8.36. The topological polar surface area (TPSA) is 85.4 Å². The molecule has 6 nitrogen and oxygen atoms in total. The number of piperidine rings is 2. The monoisotopic (exact) mass is 342 g/mol. The fourth-order valence-electron chi connectivity index (χ4n) is 2.67. The van der Waals surface area contributed by atoms with Crippen LogP contribution in [0.1, 0.15) is 57.8 Å². The van der Waals surface area contributed by atoms with Crippen molar-refractivity contribution in [2.24, 2.45) is 0 Å². The van der Waals surface area contributed by atoms with Crippen molar-refractivity contribution in [3.05, 3.63) is 0 Å². The summed E-state index contributed by atoms with van der Waals surface area (Å²) in [4.78, 5) is 10.3. The molecule has 4 fully saturated rings. The second-order valence-corrected chi connectivity index (χ2v) is 6.71. The largest absolute Gasteiger partial charge is 0.480 e. The van der Waals surface area contributed by atoms with E-state index in [2.05, 4.69) is 21.3 Å². The number of hydrogen-bond acceptors (Lipinski definition) is 5. The van der Waals surface area contributed by atoms with E-state index in [1.165, 1.54) is 77.8 Å². The van der Waals surface area contributed by atoms with Crippen molar-refractivity contribution in [3.8, 4) is 0 Å². The van der Waals surface area contributed by atoms with Crippen LogP contribution in [0.5, 0.6) is 0 Å². The number of rotatable bonds is 1. The number of carbonyl (C=O) groups is 1. The molecule has 4 saturated heterocycles. The average Bonchev–Trinajstić information content (AvgIpc) is 3.16. The van der Waals surface area contributed by atoms with Crippen LogP contribution in [-0.2, 0) is 4.79 Å². The van der Waals surface area contributed by atoms with Gasteiger partial charge in [0.25, 0.3) is 0 Å². The third-order valence-corrected chi connectivity index (χ3v) is 4.48. The van der Waals surface area contributed by atoms with Crippen molar-refractivity contribution in [1.29, 1.82) is 0 Å². The summed E-state index contributed by atoms with van der Waals surface area (Å²) in [6.07, 6.45) is 11.3. The summed E-state index contributed by atoms with van der Waals surface area (Å²) in [6, 6.07) is -0.279. The number of carboxylic acids is 1. The molecule has 24 heavy (non-hydrogen) atoms. The molecule has 0 aromatic carbocycles. The highest BCUT2D eigenvalue weighted by Gasteiger charge is 2.18. The third-order valence-electron chi connectivity index (χ3n) is 4.48. The Bertz CT molecular complexity index is 262. The number of hydrogen-bond donors (Lipinski definition) is 5. The summed E-state index contributed by atoms with van der Waals surface area (Å²) in [7, 11) is 0. The van der Waals surface area contributed by atoms with Gasteiger partial charge in [0, 0.05) is 0 Å². The van der Waals surface area contributed by atoms with Gasteiger partial charge in [0.05, 0.1) is 0 Å². The lowest BCUT2D eigenvalue weighted by molar-refractivity contribution is -0.140. The molecule has 0 aliphatic carbocycles. The lowest BCUT2D eigenvalue weighted by Crippen LogP contribution is -2.40. The van der Waals surface area contributed by atoms with Crippen LogP contribution in [0.25, 0.3) is 0 Å². The summed E-state index contributed by atoms with van der Waals surface area (Å²) in [5.41, 5.74) is 0. The third kappa shape index (κ3) is 12.7.